The zero-order chi connectivity index (χ0) is 20.2. The number of hydrazine groups is 1. The third-order valence-corrected chi connectivity index (χ3v) is 8.19. The van der Waals surface area contributed by atoms with Crippen LogP contribution in [-0.2, 0) is 16.1 Å². The maximum atomic E-state index is 14.5. The highest BCUT2D eigenvalue weighted by Crippen LogP contribution is 2.58. The Morgan fingerprint density at radius 2 is 2.03 bits per heavy atom. The molecule has 1 heterocycles. The molecule has 2 aliphatic carbocycles. The first-order valence-corrected chi connectivity index (χ1v) is 11.2. The second-order valence-corrected chi connectivity index (χ2v) is 9.91. The standard InChI is InChI=1S/C23H24F2N2OS/c1-14-6-7-16(12-14)22(28)27-23(11-10-15-4-2-3-5-19(15)23)29-21(26-27)18-13-17(24)8-9-20(18)25/h2-5,8-9,13-14,16,21,26H,6-7,10-12H2,1H3. The molecule has 6 heteroatoms. The Morgan fingerprint density at radius 1 is 1.21 bits per heavy atom. The number of hydrogen-bond donors (Lipinski definition) is 1. The van der Waals surface area contributed by atoms with E-state index in [4.69, 9.17) is 0 Å². The fourth-order valence-corrected chi connectivity index (χ4v) is 6.76. The maximum absolute atomic E-state index is 14.5. The molecule has 0 bridgehead atoms. The molecule has 3 nitrogen and oxygen atoms in total. The molecule has 0 aromatic heterocycles. The van der Waals surface area contributed by atoms with E-state index >= 15 is 0 Å². The van der Waals surface area contributed by atoms with Crippen molar-refractivity contribution in [3.8, 4) is 0 Å². The summed E-state index contributed by atoms with van der Waals surface area (Å²) in [6, 6.07) is 11.7. The lowest BCUT2D eigenvalue weighted by molar-refractivity contribution is -0.142. The van der Waals surface area contributed by atoms with Crippen LogP contribution in [0.25, 0.3) is 0 Å². The Kier molecular flexibility index (Phi) is 4.67. The van der Waals surface area contributed by atoms with Gasteiger partial charge in [-0.3, -0.25) is 9.80 Å². The highest BCUT2D eigenvalue weighted by atomic mass is 32.2. The molecule has 2 aromatic rings. The predicted molar refractivity (Wildman–Crippen MR) is 110 cm³/mol. The number of fused-ring (bicyclic) bond motifs is 2. The molecule has 1 N–H and O–H groups in total. The first-order valence-electron chi connectivity index (χ1n) is 10.3. The van der Waals surface area contributed by atoms with Gasteiger partial charge in [-0.1, -0.05) is 31.2 Å². The van der Waals surface area contributed by atoms with Crippen LogP contribution in [0.3, 0.4) is 0 Å². The summed E-state index contributed by atoms with van der Waals surface area (Å²) in [5.41, 5.74) is 5.87. The van der Waals surface area contributed by atoms with Crippen molar-refractivity contribution in [2.75, 3.05) is 0 Å². The number of hydrogen-bond acceptors (Lipinski definition) is 3. The number of halogens is 2. The van der Waals surface area contributed by atoms with Gasteiger partial charge in [-0.25, -0.2) is 14.2 Å². The molecule has 1 spiro atoms. The molecule has 1 aliphatic heterocycles. The predicted octanol–water partition coefficient (Wildman–Crippen LogP) is 5.28. The average Bonchev–Trinajstić information content (AvgIpc) is 3.42. The summed E-state index contributed by atoms with van der Waals surface area (Å²) in [7, 11) is 0. The van der Waals surface area contributed by atoms with E-state index in [9.17, 15) is 13.6 Å². The fraction of sp³-hybridized carbons (Fsp3) is 0.435. The topological polar surface area (TPSA) is 32.3 Å². The number of nitrogens with one attached hydrogen (secondary N) is 1. The van der Waals surface area contributed by atoms with Crippen LogP contribution >= 0.6 is 11.8 Å². The summed E-state index contributed by atoms with van der Waals surface area (Å²) < 4.78 is 28.4. The van der Waals surface area contributed by atoms with Gasteiger partial charge in [0.25, 0.3) is 0 Å². The van der Waals surface area contributed by atoms with Crippen LogP contribution in [0.2, 0.25) is 0 Å². The van der Waals surface area contributed by atoms with Crippen molar-refractivity contribution in [3.05, 3.63) is 70.8 Å². The maximum Gasteiger partial charge on any atom is 0.241 e. The zero-order valence-electron chi connectivity index (χ0n) is 16.3. The van der Waals surface area contributed by atoms with Gasteiger partial charge < -0.3 is 0 Å². The normalized spacial score (nSPS) is 30.9. The van der Waals surface area contributed by atoms with Crippen LogP contribution in [0, 0.1) is 23.5 Å². The number of nitrogens with zero attached hydrogens (tertiary/aromatic N) is 1. The van der Waals surface area contributed by atoms with E-state index in [0.29, 0.717) is 5.92 Å². The third-order valence-electron chi connectivity index (χ3n) is 6.60. The lowest BCUT2D eigenvalue weighted by atomic mass is 10.0. The molecule has 1 amide bonds. The minimum absolute atomic E-state index is 0.0150. The van der Waals surface area contributed by atoms with E-state index < -0.39 is 21.9 Å². The molecule has 2 aromatic carbocycles. The Morgan fingerprint density at radius 3 is 2.83 bits per heavy atom. The largest absolute Gasteiger partial charge is 0.273 e. The van der Waals surface area contributed by atoms with Crippen molar-refractivity contribution >= 4 is 17.7 Å². The van der Waals surface area contributed by atoms with Gasteiger partial charge in [0.1, 0.15) is 21.9 Å². The highest BCUT2D eigenvalue weighted by molar-refractivity contribution is 8.00. The SMILES string of the molecule is CC1CCC(C(=O)N2NC(c3cc(F)ccc3F)SC23CCc2ccccc23)C1. The Bertz CT molecular complexity index is 968. The number of carbonyl (C=O) groups is 1. The lowest BCUT2D eigenvalue weighted by Gasteiger charge is -2.35. The minimum Gasteiger partial charge on any atom is -0.273 e. The summed E-state index contributed by atoms with van der Waals surface area (Å²) in [5, 5.41) is 1.25. The van der Waals surface area contributed by atoms with E-state index in [1.54, 1.807) is 5.01 Å². The van der Waals surface area contributed by atoms with E-state index in [1.165, 1.54) is 23.4 Å². The van der Waals surface area contributed by atoms with E-state index in [-0.39, 0.29) is 17.4 Å². The molecule has 1 saturated carbocycles. The Labute approximate surface area is 173 Å². The van der Waals surface area contributed by atoms with Gasteiger partial charge in [0.15, 0.2) is 0 Å². The van der Waals surface area contributed by atoms with Gasteiger partial charge in [0.2, 0.25) is 5.91 Å². The van der Waals surface area contributed by atoms with E-state index in [2.05, 4.69) is 24.5 Å². The second-order valence-electron chi connectivity index (χ2n) is 8.52. The van der Waals surface area contributed by atoms with Crippen molar-refractivity contribution in [2.24, 2.45) is 11.8 Å². The number of carbonyl (C=O) groups excluding carboxylic acids is 1. The van der Waals surface area contributed by atoms with Crippen molar-refractivity contribution < 1.29 is 13.6 Å². The second kappa shape index (κ2) is 7.10. The molecular formula is C23H24F2N2OS. The molecule has 0 radical (unpaired) electrons. The van der Waals surface area contributed by atoms with Crippen LogP contribution in [0.4, 0.5) is 8.78 Å². The van der Waals surface area contributed by atoms with E-state index in [0.717, 1.165) is 49.8 Å². The number of amides is 1. The third kappa shape index (κ3) is 3.08. The first kappa shape index (κ1) is 19.1. The molecule has 4 atom stereocenters. The first-order chi connectivity index (χ1) is 14.0. The summed E-state index contributed by atoms with van der Waals surface area (Å²) >= 11 is 1.52. The smallest absolute Gasteiger partial charge is 0.241 e. The van der Waals surface area contributed by atoms with Crippen molar-refractivity contribution in [1.82, 2.24) is 10.4 Å². The van der Waals surface area contributed by atoms with Crippen molar-refractivity contribution in [2.45, 2.75) is 49.3 Å². The van der Waals surface area contributed by atoms with Crippen LogP contribution in [0.1, 0.15) is 54.7 Å². The molecule has 3 aliphatic rings. The number of aryl methyl sites for hydroxylation is 1. The van der Waals surface area contributed by atoms with Crippen LogP contribution in [0.15, 0.2) is 42.5 Å². The van der Waals surface area contributed by atoms with E-state index in [1.807, 2.05) is 12.1 Å². The van der Waals surface area contributed by atoms with Crippen LogP contribution in [0.5, 0.6) is 0 Å². The summed E-state index contributed by atoms with van der Waals surface area (Å²) in [6.45, 7) is 2.19. The number of benzene rings is 2. The van der Waals surface area contributed by atoms with Gasteiger partial charge in [0.05, 0.1) is 0 Å². The molecule has 4 unspecified atom stereocenters. The zero-order valence-corrected chi connectivity index (χ0v) is 17.1. The van der Waals surface area contributed by atoms with Crippen LogP contribution < -0.4 is 5.43 Å². The van der Waals surface area contributed by atoms with Crippen molar-refractivity contribution in [1.29, 1.82) is 0 Å². The van der Waals surface area contributed by atoms with Gasteiger partial charge in [-0.15, -0.1) is 11.8 Å². The van der Waals surface area contributed by atoms with Crippen molar-refractivity contribution in [3.63, 3.8) is 0 Å². The summed E-state index contributed by atoms with van der Waals surface area (Å²) in [4.78, 5) is 13.0. The molecule has 2 fully saturated rings. The quantitative estimate of drug-likeness (QED) is 0.726. The molecule has 5 rings (SSSR count). The summed E-state index contributed by atoms with van der Waals surface area (Å²) in [6.07, 6.45) is 4.47. The summed E-state index contributed by atoms with van der Waals surface area (Å²) in [5.74, 6) is -0.320. The molecule has 1 saturated heterocycles. The van der Waals surface area contributed by atoms with Gasteiger partial charge in [0, 0.05) is 11.5 Å². The lowest BCUT2D eigenvalue weighted by Crippen LogP contribution is -2.50. The highest BCUT2D eigenvalue weighted by Gasteiger charge is 2.55. The molecule has 29 heavy (non-hydrogen) atoms. The Hall–Kier alpha value is -1.92. The Balaban J connectivity index is 1.56. The fourth-order valence-electron chi connectivity index (χ4n) is 5.11. The average molecular weight is 415 g/mol. The molecule has 152 valence electrons. The number of thioether (sulfide) groups is 1. The van der Waals surface area contributed by atoms with Gasteiger partial charge in [-0.2, -0.15) is 0 Å². The van der Waals surface area contributed by atoms with Gasteiger partial charge in [-0.05, 0) is 67.3 Å². The van der Waals surface area contributed by atoms with Gasteiger partial charge >= 0.3 is 0 Å². The minimum atomic E-state index is -0.580. The number of rotatable bonds is 2. The molecular weight excluding hydrogens is 390 g/mol. The van der Waals surface area contributed by atoms with Crippen LogP contribution in [-0.4, -0.2) is 10.9 Å². The monoisotopic (exact) mass is 414 g/mol.